The van der Waals surface area contributed by atoms with Gasteiger partial charge in [0.1, 0.15) is 5.82 Å². The number of piperidine rings is 1. The molecule has 0 spiro atoms. The monoisotopic (exact) mass is 360 g/mol. The van der Waals surface area contributed by atoms with Crippen LogP contribution in [-0.2, 0) is 4.79 Å². The van der Waals surface area contributed by atoms with Crippen molar-refractivity contribution in [1.82, 2.24) is 15.0 Å². The zero-order valence-electron chi connectivity index (χ0n) is 15.2. The Labute approximate surface area is 152 Å². The fraction of sp³-hybridized carbons (Fsp3) is 0.526. The van der Waals surface area contributed by atoms with Crippen molar-refractivity contribution in [3.63, 3.8) is 0 Å². The van der Waals surface area contributed by atoms with E-state index in [1.54, 1.807) is 19.1 Å². The molecule has 7 heteroatoms. The number of benzene rings is 1. The molecule has 2 aromatic rings. The Balaban J connectivity index is 1.72. The highest BCUT2D eigenvalue weighted by Gasteiger charge is 2.36. The lowest BCUT2D eigenvalue weighted by Gasteiger charge is -2.36. The van der Waals surface area contributed by atoms with E-state index in [1.807, 2.05) is 11.8 Å². The third-order valence-corrected chi connectivity index (χ3v) is 4.86. The van der Waals surface area contributed by atoms with E-state index in [9.17, 15) is 9.18 Å². The maximum atomic E-state index is 13.1. The molecule has 6 nitrogen and oxygen atoms in total. The van der Waals surface area contributed by atoms with E-state index in [4.69, 9.17) is 10.3 Å². The van der Waals surface area contributed by atoms with Crippen LogP contribution in [0.2, 0.25) is 0 Å². The van der Waals surface area contributed by atoms with Gasteiger partial charge in [-0.05, 0) is 50.5 Å². The first-order valence-corrected chi connectivity index (χ1v) is 9.08. The van der Waals surface area contributed by atoms with Gasteiger partial charge in [0.25, 0.3) is 0 Å². The molecule has 1 saturated heterocycles. The van der Waals surface area contributed by atoms with Crippen molar-refractivity contribution in [2.45, 2.75) is 51.0 Å². The first-order valence-electron chi connectivity index (χ1n) is 9.08. The Hall–Kier alpha value is -2.28. The lowest BCUT2D eigenvalue weighted by Crippen LogP contribution is -2.55. The van der Waals surface area contributed by atoms with Crippen LogP contribution in [0.4, 0.5) is 4.39 Å². The van der Waals surface area contributed by atoms with E-state index < -0.39 is 5.54 Å². The minimum absolute atomic E-state index is 0.00757. The number of likely N-dealkylation sites (tertiary alicyclic amines) is 1. The standard InChI is InChI=1S/C19H25FN4O2/c1-3-10-19(2,21)18(25)24-11-4-5-14(12-24)17-22-16(23-26-17)13-6-8-15(20)9-7-13/h6-9,14H,3-5,10-12,21H2,1-2H3. The number of amides is 1. The van der Waals surface area contributed by atoms with Gasteiger partial charge in [0.2, 0.25) is 17.6 Å². The zero-order valence-corrected chi connectivity index (χ0v) is 15.2. The molecule has 1 fully saturated rings. The average Bonchev–Trinajstić information content (AvgIpc) is 3.12. The highest BCUT2D eigenvalue weighted by Crippen LogP contribution is 2.29. The van der Waals surface area contributed by atoms with Gasteiger partial charge in [-0.3, -0.25) is 4.79 Å². The molecule has 0 bridgehead atoms. The first-order chi connectivity index (χ1) is 12.4. The molecule has 2 heterocycles. The fourth-order valence-electron chi connectivity index (χ4n) is 3.47. The normalized spacial score (nSPS) is 20.0. The van der Waals surface area contributed by atoms with Gasteiger partial charge in [-0.2, -0.15) is 4.98 Å². The SMILES string of the molecule is CCCC(C)(N)C(=O)N1CCCC(c2nc(-c3ccc(F)cc3)no2)C1. The van der Waals surface area contributed by atoms with E-state index in [1.165, 1.54) is 12.1 Å². The molecule has 1 aromatic carbocycles. The summed E-state index contributed by atoms with van der Waals surface area (Å²) < 4.78 is 18.5. The Morgan fingerprint density at radius 2 is 2.15 bits per heavy atom. The van der Waals surface area contributed by atoms with Crippen molar-refractivity contribution in [2.75, 3.05) is 13.1 Å². The van der Waals surface area contributed by atoms with Gasteiger partial charge < -0.3 is 15.2 Å². The van der Waals surface area contributed by atoms with Crippen LogP contribution >= 0.6 is 0 Å². The predicted octanol–water partition coefficient (Wildman–Crippen LogP) is 3.10. The third kappa shape index (κ3) is 3.93. The third-order valence-electron chi connectivity index (χ3n) is 4.86. The zero-order chi connectivity index (χ0) is 18.7. The summed E-state index contributed by atoms with van der Waals surface area (Å²) in [7, 11) is 0. The summed E-state index contributed by atoms with van der Waals surface area (Å²) in [5.74, 6) is 0.596. The van der Waals surface area contributed by atoms with Crippen molar-refractivity contribution in [3.05, 3.63) is 36.0 Å². The summed E-state index contributed by atoms with van der Waals surface area (Å²) in [5, 5.41) is 4.00. The largest absolute Gasteiger partial charge is 0.340 e. The number of nitrogens with two attached hydrogens (primary N) is 1. The van der Waals surface area contributed by atoms with Gasteiger partial charge in [-0.15, -0.1) is 0 Å². The maximum absolute atomic E-state index is 13.1. The quantitative estimate of drug-likeness (QED) is 0.885. The molecule has 1 aliphatic heterocycles. The molecular weight excluding hydrogens is 335 g/mol. The molecule has 2 atom stereocenters. The van der Waals surface area contributed by atoms with Crippen molar-refractivity contribution in [1.29, 1.82) is 0 Å². The predicted molar refractivity (Wildman–Crippen MR) is 95.7 cm³/mol. The van der Waals surface area contributed by atoms with E-state index in [0.29, 0.717) is 36.8 Å². The van der Waals surface area contributed by atoms with E-state index in [-0.39, 0.29) is 17.6 Å². The summed E-state index contributed by atoms with van der Waals surface area (Å²) in [6.07, 6.45) is 3.26. The van der Waals surface area contributed by atoms with Crippen LogP contribution in [0.1, 0.15) is 51.3 Å². The molecule has 0 radical (unpaired) electrons. The van der Waals surface area contributed by atoms with Crippen molar-refractivity contribution in [2.24, 2.45) is 5.73 Å². The molecule has 1 aliphatic rings. The van der Waals surface area contributed by atoms with E-state index in [0.717, 1.165) is 19.3 Å². The molecule has 3 rings (SSSR count). The molecule has 140 valence electrons. The summed E-state index contributed by atoms with van der Waals surface area (Å²) in [6.45, 7) is 5.04. The Bertz CT molecular complexity index is 757. The van der Waals surface area contributed by atoms with E-state index >= 15 is 0 Å². The van der Waals surface area contributed by atoms with Gasteiger partial charge in [0, 0.05) is 18.7 Å². The summed E-state index contributed by atoms with van der Waals surface area (Å²) in [5.41, 5.74) is 6.06. The number of hydrogen-bond acceptors (Lipinski definition) is 5. The Morgan fingerprint density at radius 3 is 2.85 bits per heavy atom. The molecule has 0 saturated carbocycles. The van der Waals surface area contributed by atoms with Crippen molar-refractivity contribution >= 4 is 5.91 Å². The number of halogens is 1. The second kappa shape index (κ2) is 7.53. The highest BCUT2D eigenvalue weighted by atomic mass is 19.1. The second-order valence-corrected chi connectivity index (χ2v) is 7.22. The van der Waals surface area contributed by atoms with Gasteiger partial charge in [-0.1, -0.05) is 18.5 Å². The lowest BCUT2D eigenvalue weighted by molar-refractivity contribution is -0.138. The van der Waals surface area contributed by atoms with Crippen LogP contribution in [0.3, 0.4) is 0 Å². The number of hydrogen-bond donors (Lipinski definition) is 1. The number of carbonyl (C=O) groups is 1. The molecular formula is C19H25FN4O2. The summed E-state index contributed by atoms with van der Waals surface area (Å²) in [4.78, 5) is 19.0. The molecule has 1 amide bonds. The number of carbonyl (C=O) groups excluding carboxylic acids is 1. The lowest BCUT2D eigenvalue weighted by atomic mass is 9.92. The minimum atomic E-state index is -0.843. The van der Waals surface area contributed by atoms with E-state index in [2.05, 4.69) is 10.1 Å². The topological polar surface area (TPSA) is 85.3 Å². The molecule has 0 aliphatic carbocycles. The van der Waals surface area contributed by atoms with Crippen LogP contribution in [0.5, 0.6) is 0 Å². The number of aromatic nitrogens is 2. The van der Waals surface area contributed by atoms with Crippen molar-refractivity contribution < 1.29 is 13.7 Å². The second-order valence-electron chi connectivity index (χ2n) is 7.22. The highest BCUT2D eigenvalue weighted by molar-refractivity contribution is 5.85. The molecule has 2 N–H and O–H groups in total. The maximum Gasteiger partial charge on any atom is 0.242 e. The van der Waals surface area contributed by atoms with Crippen LogP contribution in [0.25, 0.3) is 11.4 Å². The minimum Gasteiger partial charge on any atom is -0.340 e. The van der Waals surface area contributed by atoms with Crippen LogP contribution in [-0.4, -0.2) is 39.6 Å². The summed E-state index contributed by atoms with van der Waals surface area (Å²) in [6, 6.07) is 5.96. The smallest absolute Gasteiger partial charge is 0.242 e. The Morgan fingerprint density at radius 1 is 1.42 bits per heavy atom. The van der Waals surface area contributed by atoms with Gasteiger partial charge in [0.15, 0.2) is 0 Å². The molecule has 2 unspecified atom stereocenters. The molecule has 26 heavy (non-hydrogen) atoms. The fourth-order valence-corrected chi connectivity index (χ4v) is 3.47. The average molecular weight is 360 g/mol. The van der Waals surface area contributed by atoms with Gasteiger partial charge in [0.05, 0.1) is 11.5 Å². The number of nitrogens with zero attached hydrogens (tertiary/aromatic N) is 3. The Kier molecular flexibility index (Phi) is 5.36. The molecule has 1 aromatic heterocycles. The first kappa shape index (κ1) is 18.5. The van der Waals surface area contributed by atoms with Crippen LogP contribution in [0.15, 0.2) is 28.8 Å². The number of rotatable bonds is 5. The van der Waals surface area contributed by atoms with Gasteiger partial charge in [-0.25, -0.2) is 4.39 Å². The summed E-state index contributed by atoms with van der Waals surface area (Å²) >= 11 is 0. The van der Waals surface area contributed by atoms with Gasteiger partial charge >= 0.3 is 0 Å². The van der Waals surface area contributed by atoms with Crippen LogP contribution < -0.4 is 5.73 Å². The van der Waals surface area contributed by atoms with Crippen molar-refractivity contribution in [3.8, 4) is 11.4 Å². The van der Waals surface area contributed by atoms with Crippen LogP contribution in [0, 0.1) is 5.82 Å².